The zero-order valence-electron chi connectivity index (χ0n) is 8.99. The molecule has 1 heterocycles. The van der Waals surface area contributed by atoms with Crippen LogP contribution in [0.5, 0.6) is 0 Å². The Morgan fingerprint density at radius 3 is 3.00 bits per heavy atom. The number of carbonyl (C=O) groups excluding carboxylic acids is 1. The molecular formula is C10H19NO2S. The first-order valence-corrected chi connectivity index (χ1v) is 6.24. The average Bonchev–Trinajstić information content (AvgIpc) is 2.58. The molecule has 82 valence electrons. The Morgan fingerprint density at radius 2 is 2.43 bits per heavy atom. The number of thioether (sulfide) groups is 1. The number of carbonyl (C=O) groups is 1. The topological polar surface area (TPSA) is 29.5 Å². The van der Waals surface area contributed by atoms with E-state index in [-0.39, 0.29) is 5.97 Å². The highest BCUT2D eigenvalue weighted by molar-refractivity contribution is 7.99. The van der Waals surface area contributed by atoms with Crippen LogP contribution in [0, 0.1) is 0 Å². The molecule has 1 aliphatic rings. The minimum atomic E-state index is -0.0997. The number of rotatable bonds is 5. The van der Waals surface area contributed by atoms with Crippen LogP contribution in [0.3, 0.4) is 0 Å². The molecule has 0 amide bonds. The van der Waals surface area contributed by atoms with Crippen molar-refractivity contribution in [2.45, 2.75) is 25.3 Å². The Bertz CT molecular complexity index is 187. The molecule has 14 heavy (non-hydrogen) atoms. The van der Waals surface area contributed by atoms with Crippen LogP contribution in [0.25, 0.3) is 0 Å². The van der Waals surface area contributed by atoms with E-state index < -0.39 is 0 Å². The highest BCUT2D eigenvalue weighted by Crippen LogP contribution is 2.19. The van der Waals surface area contributed by atoms with Crippen molar-refractivity contribution in [3.05, 3.63) is 0 Å². The maximum atomic E-state index is 10.8. The summed E-state index contributed by atoms with van der Waals surface area (Å²) >= 11 is 1.86. The molecule has 0 spiro atoms. The summed E-state index contributed by atoms with van der Waals surface area (Å²) in [6.45, 7) is 1.22. The van der Waals surface area contributed by atoms with Crippen molar-refractivity contribution in [3.8, 4) is 0 Å². The van der Waals surface area contributed by atoms with Gasteiger partial charge in [0.2, 0.25) is 0 Å². The van der Waals surface area contributed by atoms with Crippen LogP contribution < -0.4 is 0 Å². The number of ether oxygens (including phenoxy) is 1. The summed E-state index contributed by atoms with van der Waals surface area (Å²) in [5.74, 6) is 1.93. The number of likely N-dealkylation sites (tertiary alicyclic amines) is 1. The van der Waals surface area contributed by atoms with Crippen molar-refractivity contribution in [3.63, 3.8) is 0 Å². The Hall–Kier alpha value is -0.220. The first-order chi connectivity index (χ1) is 6.74. The second-order valence-electron chi connectivity index (χ2n) is 3.68. The van der Waals surface area contributed by atoms with Gasteiger partial charge in [0.05, 0.1) is 13.5 Å². The first-order valence-electron chi connectivity index (χ1n) is 5.09. The molecule has 4 heteroatoms. The van der Waals surface area contributed by atoms with Crippen LogP contribution >= 0.6 is 11.8 Å². The van der Waals surface area contributed by atoms with Crippen molar-refractivity contribution in [1.29, 1.82) is 0 Å². The molecule has 0 aromatic rings. The predicted molar refractivity (Wildman–Crippen MR) is 59.6 cm³/mol. The Kier molecular flexibility index (Phi) is 5.33. The van der Waals surface area contributed by atoms with Crippen molar-refractivity contribution < 1.29 is 9.53 Å². The molecule has 1 unspecified atom stereocenters. The molecule has 0 aromatic carbocycles. The van der Waals surface area contributed by atoms with E-state index in [0.717, 1.165) is 17.5 Å². The van der Waals surface area contributed by atoms with Crippen molar-refractivity contribution in [2.75, 3.05) is 32.2 Å². The Morgan fingerprint density at radius 1 is 1.64 bits per heavy atom. The molecule has 0 saturated carbocycles. The van der Waals surface area contributed by atoms with E-state index >= 15 is 0 Å². The molecule has 3 nitrogen and oxygen atoms in total. The Labute approximate surface area is 90.2 Å². The molecule has 1 rings (SSSR count). The summed E-state index contributed by atoms with van der Waals surface area (Å²) in [7, 11) is 3.62. The molecule has 1 fully saturated rings. The summed E-state index contributed by atoms with van der Waals surface area (Å²) in [5, 5.41) is 0. The van der Waals surface area contributed by atoms with Gasteiger partial charge in [-0.3, -0.25) is 4.79 Å². The zero-order chi connectivity index (χ0) is 10.4. The molecule has 0 N–H and O–H groups in total. The van der Waals surface area contributed by atoms with E-state index in [1.807, 2.05) is 11.8 Å². The minimum absolute atomic E-state index is 0.0997. The lowest BCUT2D eigenvalue weighted by Crippen LogP contribution is -2.27. The SMILES string of the molecule is COC(=O)CCSCC1CCCN1C. The highest BCUT2D eigenvalue weighted by Gasteiger charge is 2.20. The highest BCUT2D eigenvalue weighted by atomic mass is 32.2. The quantitative estimate of drug-likeness (QED) is 0.514. The summed E-state index contributed by atoms with van der Waals surface area (Å²) in [5.41, 5.74) is 0. The Balaban J connectivity index is 2.01. The van der Waals surface area contributed by atoms with Crippen LogP contribution in [0.1, 0.15) is 19.3 Å². The van der Waals surface area contributed by atoms with Crippen LogP contribution in [0.15, 0.2) is 0 Å². The van der Waals surface area contributed by atoms with E-state index in [1.54, 1.807) is 0 Å². The summed E-state index contributed by atoms with van der Waals surface area (Å²) < 4.78 is 4.58. The lowest BCUT2D eigenvalue weighted by Gasteiger charge is -2.18. The number of methoxy groups -OCH3 is 1. The van der Waals surface area contributed by atoms with Gasteiger partial charge >= 0.3 is 5.97 Å². The minimum Gasteiger partial charge on any atom is -0.469 e. The van der Waals surface area contributed by atoms with E-state index in [1.165, 1.54) is 26.5 Å². The fourth-order valence-electron chi connectivity index (χ4n) is 1.67. The van der Waals surface area contributed by atoms with Gasteiger partial charge in [-0.15, -0.1) is 0 Å². The monoisotopic (exact) mass is 217 g/mol. The van der Waals surface area contributed by atoms with Gasteiger partial charge in [0.15, 0.2) is 0 Å². The zero-order valence-corrected chi connectivity index (χ0v) is 9.81. The fraction of sp³-hybridized carbons (Fsp3) is 0.900. The standard InChI is InChI=1S/C10H19NO2S/c1-11-6-3-4-9(11)8-14-7-5-10(12)13-2/h9H,3-8H2,1-2H3. The maximum Gasteiger partial charge on any atom is 0.306 e. The third-order valence-corrected chi connectivity index (χ3v) is 3.77. The third-order valence-electron chi connectivity index (χ3n) is 2.66. The van der Waals surface area contributed by atoms with Gasteiger partial charge in [0, 0.05) is 17.5 Å². The first kappa shape index (κ1) is 11.9. The fourth-order valence-corrected chi connectivity index (χ4v) is 2.84. The van der Waals surface area contributed by atoms with Crippen molar-refractivity contribution in [1.82, 2.24) is 4.90 Å². The van der Waals surface area contributed by atoms with Crippen LogP contribution in [0.4, 0.5) is 0 Å². The third kappa shape index (κ3) is 3.88. The molecular weight excluding hydrogens is 198 g/mol. The van der Waals surface area contributed by atoms with Crippen LogP contribution in [-0.2, 0) is 9.53 Å². The summed E-state index contributed by atoms with van der Waals surface area (Å²) in [6.07, 6.45) is 3.16. The lowest BCUT2D eigenvalue weighted by molar-refractivity contribution is -0.140. The lowest BCUT2D eigenvalue weighted by atomic mass is 10.2. The van der Waals surface area contributed by atoms with Crippen molar-refractivity contribution >= 4 is 17.7 Å². The largest absolute Gasteiger partial charge is 0.469 e. The molecule has 1 saturated heterocycles. The van der Waals surface area contributed by atoms with Gasteiger partial charge in [-0.1, -0.05) is 0 Å². The van der Waals surface area contributed by atoms with Gasteiger partial charge < -0.3 is 9.64 Å². The van der Waals surface area contributed by atoms with Gasteiger partial charge in [-0.05, 0) is 26.4 Å². The smallest absolute Gasteiger partial charge is 0.306 e. The van der Waals surface area contributed by atoms with Gasteiger partial charge in [-0.25, -0.2) is 0 Å². The van der Waals surface area contributed by atoms with Gasteiger partial charge in [0.1, 0.15) is 0 Å². The average molecular weight is 217 g/mol. The molecule has 1 aliphatic heterocycles. The molecule has 0 bridgehead atoms. The molecule has 1 atom stereocenters. The molecule has 0 aromatic heterocycles. The number of esters is 1. The molecule has 0 radical (unpaired) electrons. The van der Waals surface area contributed by atoms with E-state index in [9.17, 15) is 4.79 Å². The second kappa shape index (κ2) is 6.30. The normalized spacial score (nSPS) is 22.6. The summed E-state index contributed by atoms with van der Waals surface area (Å²) in [6, 6.07) is 0.720. The van der Waals surface area contributed by atoms with E-state index in [0.29, 0.717) is 6.42 Å². The van der Waals surface area contributed by atoms with Crippen molar-refractivity contribution in [2.24, 2.45) is 0 Å². The second-order valence-corrected chi connectivity index (χ2v) is 4.83. The van der Waals surface area contributed by atoms with Gasteiger partial charge in [-0.2, -0.15) is 11.8 Å². The number of nitrogens with zero attached hydrogens (tertiary/aromatic N) is 1. The predicted octanol–water partition coefficient (Wildman–Crippen LogP) is 1.38. The van der Waals surface area contributed by atoms with E-state index in [2.05, 4.69) is 16.7 Å². The van der Waals surface area contributed by atoms with Gasteiger partial charge in [0.25, 0.3) is 0 Å². The molecule has 0 aliphatic carbocycles. The maximum absolute atomic E-state index is 10.8. The van der Waals surface area contributed by atoms with E-state index in [4.69, 9.17) is 0 Å². The van der Waals surface area contributed by atoms with Crippen LogP contribution in [-0.4, -0.2) is 49.1 Å². The number of hydrogen-bond acceptors (Lipinski definition) is 4. The summed E-state index contributed by atoms with van der Waals surface area (Å²) in [4.78, 5) is 13.2. The number of hydrogen-bond donors (Lipinski definition) is 0. The van der Waals surface area contributed by atoms with Crippen LogP contribution in [0.2, 0.25) is 0 Å².